The lowest BCUT2D eigenvalue weighted by molar-refractivity contribution is -0.137. The molecule has 0 heterocycles. The van der Waals surface area contributed by atoms with Gasteiger partial charge in [-0.2, -0.15) is 13.2 Å². The van der Waals surface area contributed by atoms with E-state index in [0.29, 0.717) is 50.3 Å². The summed E-state index contributed by atoms with van der Waals surface area (Å²) >= 11 is 5.98. The van der Waals surface area contributed by atoms with Crippen molar-refractivity contribution in [3.63, 3.8) is 0 Å². The number of halogens is 5. The summed E-state index contributed by atoms with van der Waals surface area (Å²) in [4.78, 5) is 12.3. The van der Waals surface area contributed by atoms with Crippen LogP contribution in [0.2, 0.25) is 5.02 Å². The van der Waals surface area contributed by atoms with Crippen LogP contribution in [0.15, 0.2) is 65.6 Å². The van der Waals surface area contributed by atoms with E-state index in [1.54, 1.807) is 12.1 Å². The van der Waals surface area contributed by atoms with Gasteiger partial charge in [0.25, 0.3) is 5.91 Å². The Balaban J connectivity index is 1.50. The highest BCUT2D eigenvalue weighted by atomic mass is 35.5. The van der Waals surface area contributed by atoms with Crippen LogP contribution in [-0.4, -0.2) is 19.6 Å². The molecular weight excluding hydrogens is 530 g/mol. The maximum absolute atomic E-state index is 14.1. The smallest absolute Gasteiger partial charge is 0.322 e. The number of carbonyl (C=O) groups is 1. The van der Waals surface area contributed by atoms with Gasteiger partial charge in [-0.05, 0) is 92.1 Å². The minimum absolute atomic E-state index is 0.00624. The number of anilines is 1. The van der Waals surface area contributed by atoms with Crippen LogP contribution in [-0.2, 0) is 28.9 Å². The third-order valence-corrected chi connectivity index (χ3v) is 9.10. The van der Waals surface area contributed by atoms with Crippen LogP contribution >= 0.6 is 11.6 Å². The number of hydrogen-bond donors (Lipinski definition) is 1. The fourth-order valence-corrected chi connectivity index (χ4v) is 6.77. The number of nitrogens with one attached hydrogen (secondary N) is 1. The molecule has 0 bridgehead atoms. The Bertz CT molecular complexity index is 1400. The zero-order valence-corrected chi connectivity index (χ0v) is 21.2. The summed E-state index contributed by atoms with van der Waals surface area (Å²) in [5.41, 5.74) is 1.13. The van der Waals surface area contributed by atoms with Gasteiger partial charge < -0.3 is 5.32 Å². The maximum atomic E-state index is 14.1. The number of fused-ring (bicyclic) bond motifs is 1. The molecule has 4 rings (SSSR count). The summed E-state index contributed by atoms with van der Waals surface area (Å²) < 4.78 is 79.9. The molecule has 1 atom stereocenters. The second-order valence-electron chi connectivity index (χ2n) is 9.01. The van der Waals surface area contributed by atoms with Crippen LogP contribution in [0.25, 0.3) is 0 Å². The Morgan fingerprint density at radius 2 is 1.59 bits per heavy atom. The van der Waals surface area contributed by atoms with Crippen molar-refractivity contribution in [2.75, 3.05) is 5.32 Å². The van der Waals surface area contributed by atoms with Gasteiger partial charge in [0.2, 0.25) is 0 Å². The first-order valence-corrected chi connectivity index (χ1v) is 13.7. The van der Waals surface area contributed by atoms with Gasteiger partial charge in [-0.15, -0.1) is 0 Å². The topological polar surface area (TPSA) is 63.2 Å². The van der Waals surface area contributed by atoms with E-state index in [0.717, 1.165) is 29.3 Å². The van der Waals surface area contributed by atoms with Crippen LogP contribution in [0, 0.1) is 5.82 Å². The average Bonchev–Trinajstić information content (AvgIpc) is 2.94. The van der Waals surface area contributed by atoms with E-state index in [-0.39, 0.29) is 15.5 Å². The summed E-state index contributed by atoms with van der Waals surface area (Å²) in [5.74, 6) is -1.42. The van der Waals surface area contributed by atoms with Gasteiger partial charge in [-0.25, -0.2) is 12.8 Å². The number of alkyl halides is 3. The fraction of sp³-hybridized carbons (Fsp3) is 0.296. The van der Waals surface area contributed by atoms with Gasteiger partial charge in [0.1, 0.15) is 5.82 Å². The summed E-state index contributed by atoms with van der Waals surface area (Å²) in [5, 5.41) is 1.86. The molecule has 1 N–H and O–H groups in total. The minimum atomic E-state index is -4.63. The molecule has 1 aliphatic rings. The Labute approximate surface area is 217 Å². The summed E-state index contributed by atoms with van der Waals surface area (Å²) in [6, 6.07) is 13.2. The first kappa shape index (κ1) is 27.1. The summed E-state index contributed by atoms with van der Waals surface area (Å²) in [7, 11) is -3.96. The molecule has 0 fully saturated rings. The zero-order chi connectivity index (χ0) is 26.8. The molecule has 0 aromatic heterocycles. The van der Waals surface area contributed by atoms with Crippen molar-refractivity contribution < 1.29 is 30.8 Å². The highest BCUT2D eigenvalue weighted by Crippen LogP contribution is 2.33. The van der Waals surface area contributed by atoms with Gasteiger partial charge in [-0.3, -0.25) is 4.79 Å². The molecule has 0 aliphatic heterocycles. The maximum Gasteiger partial charge on any atom is 0.416 e. The van der Waals surface area contributed by atoms with Crippen LogP contribution in [0.3, 0.4) is 0 Å². The summed E-state index contributed by atoms with van der Waals surface area (Å²) in [6.45, 7) is 0. The SMILES string of the molecule is O=C(Nc1ccc2c(c1)CCCC(S(=O)(=O)c1cccc(C(F)(F)F)c1)CCC2)c1c(F)cccc1Cl. The number of hydrogen-bond acceptors (Lipinski definition) is 3. The molecule has 1 aliphatic carbocycles. The summed E-state index contributed by atoms with van der Waals surface area (Å²) in [6.07, 6.45) is -1.89. The molecule has 0 radical (unpaired) electrons. The molecule has 1 amide bonds. The quantitative estimate of drug-likeness (QED) is 0.346. The number of sulfone groups is 1. The van der Waals surface area contributed by atoms with E-state index >= 15 is 0 Å². The highest BCUT2D eigenvalue weighted by Gasteiger charge is 2.34. The van der Waals surface area contributed by atoms with Crippen molar-refractivity contribution in [1.29, 1.82) is 0 Å². The van der Waals surface area contributed by atoms with E-state index in [1.165, 1.54) is 18.2 Å². The van der Waals surface area contributed by atoms with Gasteiger partial charge in [0, 0.05) is 5.69 Å². The van der Waals surface area contributed by atoms with Crippen molar-refractivity contribution in [3.8, 4) is 0 Å². The van der Waals surface area contributed by atoms with Crippen molar-refractivity contribution >= 4 is 33.0 Å². The van der Waals surface area contributed by atoms with E-state index < -0.39 is 38.6 Å². The van der Waals surface area contributed by atoms with Gasteiger partial charge in [0.15, 0.2) is 9.84 Å². The molecule has 37 heavy (non-hydrogen) atoms. The molecule has 3 aromatic carbocycles. The first-order valence-electron chi connectivity index (χ1n) is 11.7. The predicted molar refractivity (Wildman–Crippen MR) is 134 cm³/mol. The fourth-order valence-electron chi connectivity index (χ4n) is 4.63. The van der Waals surface area contributed by atoms with Crippen LogP contribution < -0.4 is 5.32 Å². The number of aryl methyl sites for hydroxylation is 2. The average molecular weight is 554 g/mol. The Kier molecular flexibility index (Phi) is 7.94. The van der Waals surface area contributed by atoms with Gasteiger partial charge in [0.05, 0.1) is 26.3 Å². The Morgan fingerprint density at radius 1 is 0.919 bits per heavy atom. The second kappa shape index (κ2) is 10.8. The number of benzene rings is 3. The van der Waals surface area contributed by atoms with Crippen molar-refractivity contribution in [2.24, 2.45) is 0 Å². The van der Waals surface area contributed by atoms with Crippen LogP contribution in [0.1, 0.15) is 52.7 Å². The first-order chi connectivity index (χ1) is 17.5. The van der Waals surface area contributed by atoms with Crippen molar-refractivity contribution in [1.82, 2.24) is 0 Å². The largest absolute Gasteiger partial charge is 0.416 e. The van der Waals surface area contributed by atoms with Gasteiger partial charge >= 0.3 is 6.18 Å². The molecule has 196 valence electrons. The lowest BCUT2D eigenvalue weighted by atomic mass is 9.99. The molecule has 1 unspecified atom stereocenters. The third-order valence-electron chi connectivity index (χ3n) is 6.53. The van der Waals surface area contributed by atoms with Crippen molar-refractivity contribution in [2.45, 2.75) is 54.8 Å². The van der Waals surface area contributed by atoms with E-state index in [1.807, 2.05) is 6.07 Å². The second-order valence-corrected chi connectivity index (χ2v) is 11.6. The van der Waals surface area contributed by atoms with E-state index in [4.69, 9.17) is 11.6 Å². The third kappa shape index (κ3) is 6.15. The molecule has 3 aromatic rings. The monoisotopic (exact) mass is 553 g/mol. The molecule has 0 saturated heterocycles. The number of rotatable bonds is 4. The Hall–Kier alpha value is -2.91. The lowest BCUT2D eigenvalue weighted by Crippen LogP contribution is -2.22. The number of carbonyl (C=O) groups excluding carboxylic acids is 1. The van der Waals surface area contributed by atoms with E-state index in [2.05, 4.69) is 5.32 Å². The van der Waals surface area contributed by atoms with Crippen molar-refractivity contribution in [3.05, 3.63) is 93.8 Å². The molecule has 10 heteroatoms. The molecule has 0 saturated carbocycles. The molecular formula is C27H24ClF4NO3S. The molecule has 0 spiro atoms. The Morgan fingerprint density at radius 3 is 2.27 bits per heavy atom. The standard InChI is InChI=1S/C27H24ClF4NO3S/c28-23-11-4-12-24(29)25(23)26(34)33-20-14-13-17-5-1-8-21(9-2-6-18(17)15-20)37(35,36)22-10-3-7-19(16-22)27(30,31)32/h3-4,7,10-16,21H,1-2,5-6,8-9H2,(H,33,34). The minimum Gasteiger partial charge on any atom is -0.322 e. The van der Waals surface area contributed by atoms with E-state index in [9.17, 15) is 30.8 Å². The highest BCUT2D eigenvalue weighted by molar-refractivity contribution is 7.92. The molecule has 4 nitrogen and oxygen atoms in total. The normalized spacial score (nSPS) is 16.7. The van der Waals surface area contributed by atoms with Gasteiger partial charge in [-0.1, -0.05) is 29.8 Å². The van der Waals surface area contributed by atoms with Crippen LogP contribution in [0.4, 0.5) is 23.2 Å². The predicted octanol–water partition coefficient (Wildman–Crippen LogP) is 7.25. The zero-order valence-electron chi connectivity index (χ0n) is 19.6. The van der Waals surface area contributed by atoms with Crippen LogP contribution in [0.5, 0.6) is 0 Å². The lowest BCUT2D eigenvalue weighted by Gasteiger charge is -2.18. The number of amides is 1.